The van der Waals surface area contributed by atoms with E-state index in [0.717, 1.165) is 18.5 Å². The Hall–Kier alpha value is -2.42. The second-order valence-electron chi connectivity index (χ2n) is 7.49. The molecule has 3 rings (SSSR count). The molecule has 7 nitrogen and oxygen atoms in total. The quantitative estimate of drug-likeness (QED) is 0.677. The molecule has 0 aromatic heterocycles. The number of nitrogens with zero attached hydrogens (tertiary/aromatic N) is 1. The summed E-state index contributed by atoms with van der Waals surface area (Å²) in [5, 5.41) is 2.90. The minimum absolute atomic E-state index is 0.0351. The van der Waals surface area contributed by atoms with Crippen molar-refractivity contribution >= 4 is 39.1 Å². The molecule has 0 bridgehead atoms. The molecule has 0 unspecified atom stereocenters. The van der Waals surface area contributed by atoms with E-state index in [2.05, 4.69) is 10.0 Å². The van der Waals surface area contributed by atoms with E-state index in [1.807, 2.05) is 6.07 Å². The third-order valence-corrected chi connectivity index (χ3v) is 6.60. The molecule has 2 amide bonds. The van der Waals surface area contributed by atoms with E-state index < -0.39 is 15.9 Å². The molecule has 2 aromatic carbocycles. The fourth-order valence-corrected chi connectivity index (χ4v) is 4.74. The van der Waals surface area contributed by atoms with Gasteiger partial charge in [0.1, 0.15) is 0 Å². The van der Waals surface area contributed by atoms with Gasteiger partial charge in [0.25, 0.3) is 5.91 Å². The highest BCUT2D eigenvalue weighted by atomic mass is 35.5. The number of nitrogens with one attached hydrogen (secondary N) is 2. The average molecular weight is 450 g/mol. The van der Waals surface area contributed by atoms with Crippen LogP contribution in [-0.2, 0) is 21.4 Å². The maximum absolute atomic E-state index is 12.8. The lowest BCUT2D eigenvalue weighted by atomic mass is 10.1. The maximum atomic E-state index is 12.8. The summed E-state index contributed by atoms with van der Waals surface area (Å²) in [5.41, 5.74) is 1.49. The van der Waals surface area contributed by atoms with Crippen LogP contribution in [0.5, 0.6) is 0 Å². The first-order valence-corrected chi connectivity index (χ1v) is 11.5. The largest absolute Gasteiger partial charge is 0.338 e. The molecule has 2 aromatic rings. The normalized spacial score (nSPS) is 14.4. The van der Waals surface area contributed by atoms with Crippen LogP contribution in [0, 0.1) is 0 Å². The summed E-state index contributed by atoms with van der Waals surface area (Å²) >= 11 is 6.15. The molecule has 0 aliphatic carbocycles. The first kappa shape index (κ1) is 22.3. The lowest BCUT2D eigenvalue weighted by Gasteiger charge is -2.16. The molecule has 2 N–H and O–H groups in total. The van der Waals surface area contributed by atoms with Crippen LogP contribution in [0.15, 0.2) is 47.4 Å². The Bertz CT molecular complexity index is 1070. The lowest BCUT2D eigenvalue weighted by molar-refractivity contribution is -0.128. The van der Waals surface area contributed by atoms with Crippen molar-refractivity contribution in [1.29, 1.82) is 0 Å². The van der Waals surface area contributed by atoms with Gasteiger partial charge in [-0.15, -0.1) is 0 Å². The summed E-state index contributed by atoms with van der Waals surface area (Å²) in [6.07, 6.45) is 1.43. The van der Waals surface area contributed by atoms with E-state index in [4.69, 9.17) is 11.6 Å². The standard InChI is InChI=1S/C21H24ClN3O4S/c1-14(2)24-30(28,29)17-8-9-19(22)18(12-17)21(27)23-16-6-3-5-15(11-16)13-25-10-4-7-20(25)26/h3,5-6,8-9,11-12,14,24H,4,7,10,13H2,1-2H3,(H,23,27). The molecule has 1 aliphatic rings. The minimum Gasteiger partial charge on any atom is -0.338 e. The van der Waals surface area contributed by atoms with Gasteiger partial charge in [-0.25, -0.2) is 13.1 Å². The zero-order chi connectivity index (χ0) is 21.9. The van der Waals surface area contributed by atoms with E-state index in [-0.39, 0.29) is 27.4 Å². The van der Waals surface area contributed by atoms with E-state index in [1.165, 1.54) is 18.2 Å². The highest BCUT2D eigenvalue weighted by Crippen LogP contribution is 2.23. The van der Waals surface area contributed by atoms with Gasteiger partial charge in [0.05, 0.1) is 15.5 Å². The molecule has 0 saturated carbocycles. The van der Waals surface area contributed by atoms with E-state index in [1.54, 1.807) is 36.9 Å². The Balaban J connectivity index is 1.78. The fourth-order valence-electron chi connectivity index (χ4n) is 3.26. The number of rotatable bonds is 7. The van der Waals surface area contributed by atoms with Gasteiger partial charge in [0.15, 0.2) is 0 Å². The van der Waals surface area contributed by atoms with Crippen LogP contribution in [0.4, 0.5) is 5.69 Å². The topological polar surface area (TPSA) is 95.6 Å². The third-order valence-electron chi connectivity index (χ3n) is 4.61. The monoisotopic (exact) mass is 449 g/mol. The summed E-state index contributed by atoms with van der Waals surface area (Å²) < 4.78 is 27.3. The van der Waals surface area contributed by atoms with Crippen LogP contribution in [0.25, 0.3) is 0 Å². The number of hydrogen-bond donors (Lipinski definition) is 2. The van der Waals surface area contributed by atoms with Gasteiger partial charge >= 0.3 is 0 Å². The van der Waals surface area contributed by atoms with Crippen molar-refractivity contribution in [2.75, 3.05) is 11.9 Å². The van der Waals surface area contributed by atoms with Crippen LogP contribution in [0.3, 0.4) is 0 Å². The Morgan fingerprint density at radius 1 is 1.20 bits per heavy atom. The van der Waals surface area contributed by atoms with Crippen LogP contribution < -0.4 is 10.0 Å². The van der Waals surface area contributed by atoms with Gasteiger partial charge < -0.3 is 10.2 Å². The predicted octanol–water partition coefficient (Wildman–Crippen LogP) is 3.40. The zero-order valence-corrected chi connectivity index (χ0v) is 18.4. The molecule has 1 saturated heterocycles. The lowest BCUT2D eigenvalue weighted by Crippen LogP contribution is -2.30. The zero-order valence-electron chi connectivity index (χ0n) is 16.8. The molecule has 1 aliphatic heterocycles. The van der Waals surface area contributed by atoms with Crippen molar-refractivity contribution in [3.8, 4) is 0 Å². The first-order chi connectivity index (χ1) is 14.2. The summed E-state index contributed by atoms with van der Waals surface area (Å²) in [4.78, 5) is 26.4. The van der Waals surface area contributed by atoms with Gasteiger partial charge in [0, 0.05) is 31.2 Å². The van der Waals surface area contributed by atoms with Crippen LogP contribution >= 0.6 is 11.6 Å². The van der Waals surface area contributed by atoms with Crippen molar-refractivity contribution in [2.24, 2.45) is 0 Å². The number of amides is 2. The summed E-state index contributed by atoms with van der Waals surface area (Å²) in [6.45, 7) is 4.64. The van der Waals surface area contributed by atoms with Crippen LogP contribution in [0.1, 0.15) is 42.6 Å². The molecular formula is C21H24ClN3O4S. The van der Waals surface area contributed by atoms with Crippen molar-refractivity contribution in [2.45, 2.75) is 44.2 Å². The molecule has 1 fully saturated rings. The number of sulfonamides is 1. The highest BCUT2D eigenvalue weighted by Gasteiger charge is 2.21. The third kappa shape index (κ3) is 5.38. The van der Waals surface area contributed by atoms with Crippen molar-refractivity contribution in [1.82, 2.24) is 9.62 Å². The Morgan fingerprint density at radius 2 is 1.97 bits per heavy atom. The maximum Gasteiger partial charge on any atom is 0.257 e. The van der Waals surface area contributed by atoms with E-state index >= 15 is 0 Å². The van der Waals surface area contributed by atoms with Gasteiger partial charge in [0.2, 0.25) is 15.9 Å². The Kier molecular flexibility index (Phi) is 6.80. The smallest absolute Gasteiger partial charge is 0.257 e. The molecule has 1 heterocycles. The fraction of sp³-hybridized carbons (Fsp3) is 0.333. The summed E-state index contributed by atoms with van der Waals surface area (Å²) in [5.74, 6) is -0.389. The Morgan fingerprint density at radius 3 is 2.63 bits per heavy atom. The minimum atomic E-state index is -3.76. The van der Waals surface area contributed by atoms with E-state index in [9.17, 15) is 18.0 Å². The second-order valence-corrected chi connectivity index (χ2v) is 9.61. The van der Waals surface area contributed by atoms with Gasteiger partial charge in [-0.2, -0.15) is 0 Å². The molecule has 30 heavy (non-hydrogen) atoms. The van der Waals surface area contributed by atoms with Crippen molar-refractivity contribution in [3.63, 3.8) is 0 Å². The van der Waals surface area contributed by atoms with Gasteiger partial charge in [-0.05, 0) is 56.2 Å². The predicted molar refractivity (Wildman–Crippen MR) is 116 cm³/mol. The van der Waals surface area contributed by atoms with E-state index in [0.29, 0.717) is 18.7 Å². The summed E-state index contributed by atoms with van der Waals surface area (Å²) in [7, 11) is -3.76. The number of benzene rings is 2. The molecule has 0 atom stereocenters. The van der Waals surface area contributed by atoms with Crippen molar-refractivity contribution in [3.05, 3.63) is 58.6 Å². The van der Waals surface area contributed by atoms with Crippen molar-refractivity contribution < 1.29 is 18.0 Å². The Labute approximate surface area is 181 Å². The van der Waals surface area contributed by atoms with Crippen LogP contribution in [-0.4, -0.2) is 37.7 Å². The van der Waals surface area contributed by atoms with Gasteiger partial charge in [-0.3, -0.25) is 9.59 Å². The van der Waals surface area contributed by atoms with Crippen LogP contribution in [0.2, 0.25) is 5.02 Å². The number of hydrogen-bond acceptors (Lipinski definition) is 4. The molecule has 9 heteroatoms. The number of carbonyl (C=O) groups is 2. The number of anilines is 1. The molecule has 0 spiro atoms. The summed E-state index contributed by atoms with van der Waals surface area (Å²) in [6, 6.07) is 10.9. The average Bonchev–Trinajstić information content (AvgIpc) is 3.05. The second kappa shape index (κ2) is 9.16. The number of likely N-dealkylation sites (tertiary alicyclic amines) is 1. The molecule has 0 radical (unpaired) electrons. The molecular weight excluding hydrogens is 426 g/mol. The molecule has 160 valence electrons. The number of halogens is 1. The SMILES string of the molecule is CC(C)NS(=O)(=O)c1ccc(Cl)c(C(=O)Nc2cccc(CN3CCCC3=O)c2)c1. The highest BCUT2D eigenvalue weighted by molar-refractivity contribution is 7.89. The number of carbonyl (C=O) groups excluding carboxylic acids is 2. The van der Waals surface area contributed by atoms with Gasteiger partial charge in [-0.1, -0.05) is 23.7 Å². The first-order valence-electron chi connectivity index (χ1n) is 9.65.